The average molecular weight is 659 g/mol. The third-order valence-corrected chi connectivity index (χ3v) is 11.6. The number of rotatable bonds is 8. The van der Waals surface area contributed by atoms with Gasteiger partial charge in [0.25, 0.3) is 0 Å². The maximum atomic E-state index is 13.6. The molecule has 16 atom stereocenters. The summed E-state index contributed by atoms with van der Waals surface area (Å²) in [5.41, 5.74) is -0.259. The van der Waals surface area contributed by atoms with Gasteiger partial charge < -0.3 is 64.9 Å². The van der Waals surface area contributed by atoms with Gasteiger partial charge in [0.2, 0.25) is 0 Å². The summed E-state index contributed by atoms with van der Waals surface area (Å²) in [6, 6.07) is 0. The minimum Gasteiger partial charge on any atom is -0.396 e. The van der Waals surface area contributed by atoms with E-state index in [9.17, 15) is 50.8 Å². The Hall–Kier alpha value is -1.37. The van der Waals surface area contributed by atoms with Gasteiger partial charge in [0.05, 0.1) is 32.0 Å². The van der Waals surface area contributed by atoms with E-state index in [0.29, 0.717) is 12.8 Å². The lowest BCUT2D eigenvalue weighted by Crippen LogP contribution is -2.66. The van der Waals surface area contributed by atoms with Crippen molar-refractivity contribution >= 4 is 5.78 Å². The number of ether oxygens (including phenoxy) is 4. The summed E-state index contributed by atoms with van der Waals surface area (Å²) in [5, 5.41) is 94.4. The zero-order valence-corrected chi connectivity index (χ0v) is 26.5. The highest BCUT2D eigenvalue weighted by Crippen LogP contribution is 2.63. The first-order chi connectivity index (χ1) is 21.5. The first kappa shape index (κ1) is 35.9. The zero-order chi connectivity index (χ0) is 33.9. The molecule has 0 aromatic rings. The minimum absolute atomic E-state index is 0.0158. The highest BCUT2D eigenvalue weighted by atomic mass is 16.7. The Morgan fingerprint density at radius 3 is 2.11 bits per heavy atom. The fourth-order valence-electron chi connectivity index (χ4n) is 8.53. The summed E-state index contributed by atoms with van der Waals surface area (Å²) in [5.74, 6) is -0.447. The summed E-state index contributed by atoms with van der Waals surface area (Å²) in [4.78, 5) is 13.6. The average Bonchev–Trinajstić information content (AvgIpc) is 3.03. The van der Waals surface area contributed by atoms with Crippen molar-refractivity contribution in [2.45, 2.75) is 126 Å². The highest BCUT2D eigenvalue weighted by Gasteiger charge is 2.63. The van der Waals surface area contributed by atoms with Crippen molar-refractivity contribution < 1.29 is 69.7 Å². The molecule has 46 heavy (non-hydrogen) atoms. The maximum absolute atomic E-state index is 13.6. The fraction of sp³-hybridized carbons (Fsp3) is 0.844. The number of aliphatic hydroxyl groups excluding tert-OH is 9. The molecule has 14 nitrogen and oxygen atoms in total. The molecule has 0 amide bonds. The molecule has 5 rings (SSSR count). The predicted octanol–water partition coefficient (Wildman–Crippen LogP) is -1.97. The first-order valence-electron chi connectivity index (χ1n) is 16.0. The number of carbonyl (C=O) groups is 1. The van der Waals surface area contributed by atoms with Crippen LogP contribution >= 0.6 is 0 Å². The monoisotopic (exact) mass is 658 g/mol. The molecule has 0 spiro atoms. The third-order valence-electron chi connectivity index (χ3n) is 11.6. The van der Waals surface area contributed by atoms with E-state index in [1.807, 2.05) is 13.0 Å². The van der Waals surface area contributed by atoms with Gasteiger partial charge in [-0.25, -0.2) is 0 Å². The van der Waals surface area contributed by atoms with Crippen LogP contribution in [0.4, 0.5) is 0 Å². The van der Waals surface area contributed by atoms with Crippen molar-refractivity contribution in [3.8, 4) is 0 Å². The maximum Gasteiger partial charge on any atom is 0.187 e. The molecule has 1 saturated carbocycles. The molecular formula is C32H50O14. The normalized spacial score (nSPS) is 51.4. The fourth-order valence-corrected chi connectivity index (χ4v) is 8.53. The Morgan fingerprint density at radius 2 is 1.50 bits per heavy atom. The van der Waals surface area contributed by atoms with Crippen molar-refractivity contribution in [2.24, 2.45) is 22.2 Å². The van der Waals surface area contributed by atoms with Crippen molar-refractivity contribution in [3.63, 3.8) is 0 Å². The van der Waals surface area contributed by atoms with Gasteiger partial charge in [-0.05, 0) is 48.0 Å². The second-order valence-electron chi connectivity index (χ2n) is 14.6. The van der Waals surface area contributed by atoms with E-state index < -0.39 is 110 Å². The smallest absolute Gasteiger partial charge is 0.187 e. The summed E-state index contributed by atoms with van der Waals surface area (Å²) < 4.78 is 22.8. The molecular weight excluding hydrogens is 608 g/mol. The number of allylic oxidation sites excluding steroid dienone is 3. The summed E-state index contributed by atoms with van der Waals surface area (Å²) in [7, 11) is 0. The zero-order valence-electron chi connectivity index (χ0n) is 26.5. The molecule has 3 aliphatic carbocycles. The number of carbonyl (C=O) groups excluding carboxylic acids is 1. The molecule has 9 N–H and O–H groups in total. The quantitative estimate of drug-likeness (QED) is 0.129. The van der Waals surface area contributed by atoms with E-state index in [2.05, 4.69) is 13.5 Å². The molecule has 2 aliphatic heterocycles. The molecule has 16 unspecified atom stereocenters. The van der Waals surface area contributed by atoms with Gasteiger partial charge in [0.15, 0.2) is 18.4 Å². The SMILES string of the molecule is C=CC1(C)CCC2=C(C1)C(=O)CC1C2(C)CC(O)C(OC2OC(COC3OC(CO)C(O)C(O)C3O)C(O)C(O)C2O)C1(C)CO. The molecule has 14 heteroatoms. The van der Waals surface area contributed by atoms with Gasteiger partial charge in [0.1, 0.15) is 48.8 Å². The Kier molecular flexibility index (Phi) is 10.3. The second kappa shape index (κ2) is 13.2. The molecule has 262 valence electrons. The Balaban J connectivity index is 1.35. The van der Waals surface area contributed by atoms with E-state index in [-0.39, 0.29) is 24.0 Å². The molecule has 0 radical (unpaired) electrons. The molecule has 5 aliphatic rings. The van der Waals surface area contributed by atoms with Crippen molar-refractivity contribution in [3.05, 3.63) is 23.8 Å². The van der Waals surface area contributed by atoms with Crippen molar-refractivity contribution in [2.75, 3.05) is 19.8 Å². The topological polar surface area (TPSA) is 236 Å². The van der Waals surface area contributed by atoms with E-state index in [4.69, 9.17) is 18.9 Å². The van der Waals surface area contributed by atoms with Gasteiger partial charge in [-0.1, -0.05) is 32.4 Å². The van der Waals surface area contributed by atoms with Crippen LogP contribution in [0, 0.1) is 22.2 Å². The van der Waals surface area contributed by atoms with Gasteiger partial charge in [-0.15, -0.1) is 6.58 Å². The third kappa shape index (κ3) is 5.93. The molecule has 0 aromatic carbocycles. The van der Waals surface area contributed by atoms with Crippen LogP contribution in [0.5, 0.6) is 0 Å². The first-order valence-corrected chi connectivity index (χ1v) is 16.0. The largest absolute Gasteiger partial charge is 0.396 e. The van der Waals surface area contributed by atoms with E-state index in [1.165, 1.54) is 0 Å². The van der Waals surface area contributed by atoms with Gasteiger partial charge in [-0.3, -0.25) is 4.79 Å². The van der Waals surface area contributed by atoms with Crippen LogP contribution in [0.3, 0.4) is 0 Å². The van der Waals surface area contributed by atoms with Gasteiger partial charge in [-0.2, -0.15) is 0 Å². The van der Waals surface area contributed by atoms with Crippen molar-refractivity contribution in [1.29, 1.82) is 0 Å². The molecule has 3 fully saturated rings. The number of hydrogen-bond donors (Lipinski definition) is 9. The highest BCUT2D eigenvalue weighted by molar-refractivity contribution is 5.98. The lowest BCUT2D eigenvalue weighted by molar-refractivity contribution is -0.350. The van der Waals surface area contributed by atoms with Crippen LogP contribution in [-0.2, 0) is 23.7 Å². The van der Waals surface area contributed by atoms with Crippen LogP contribution in [0.15, 0.2) is 23.8 Å². The number of aliphatic hydroxyl groups is 9. The number of hydrogen-bond acceptors (Lipinski definition) is 14. The number of Topliss-reactive ketones (excluding diaryl/α,β-unsaturated/α-hetero) is 1. The van der Waals surface area contributed by atoms with Gasteiger partial charge >= 0.3 is 0 Å². The van der Waals surface area contributed by atoms with Crippen LogP contribution in [0.25, 0.3) is 0 Å². The number of ketones is 1. The van der Waals surface area contributed by atoms with Crippen LogP contribution in [0.2, 0.25) is 0 Å². The Bertz CT molecular complexity index is 1180. The lowest BCUT2D eigenvalue weighted by Gasteiger charge is -2.61. The van der Waals surface area contributed by atoms with Crippen LogP contribution in [0.1, 0.15) is 52.9 Å². The Morgan fingerprint density at radius 1 is 0.891 bits per heavy atom. The predicted molar refractivity (Wildman–Crippen MR) is 157 cm³/mol. The second-order valence-corrected chi connectivity index (χ2v) is 14.6. The minimum atomic E-state index is -1.79. The standard InChI is InChI=1S/C32H50O14/c1-5-30(2)7-6-15-14(9-30)16(35)8-20-31(15,3)10-17(36)27(32(20,4)13-34)46-29-26(42)24(40)22(38)19(45-29)12-43-28-25(41)23(39)21(37)18(11-33)44-28/h5,17-29,33-34,36-42H,1,6-13H2,2-4H3. The van der Waals surface area contributed by atoms with E-state index >= 15 is 0 Å². The molecule has 2 heterocycles. The summed E-state index contributed by atoms with van der Waals surface area (Å²) in [6.45, 7) is 8.08. The molecule has 2 saturated heterocycles. The van der Waals surface area contributed by atoms with Gasteiger partial charge in [0, 0.05) is 11.8 Å². The Labute approximate surface area is 267 Å². The van der Waals surface area contributed by atoms with Crippen molar-refractivity contribution in [1.82, 2.24) is 0 Å². The molecule has 0 bridgehead atoms. The number of fused-ring (bicyclic) bond motifs is 2. The van der Waals surface area contributed by atoms with Crippen LogP contribution in [-0.4, -0.2) is 145 Å². The molecule has 0 aromatic heterocycles. The van der Waals surface area contributed by atoms with Crippen LogP contribution < -0.4 is 0 Å². The van der Waals surface area contributed by atoms with E-state index in [0.717, 1.165) is 17.6 Å². The van der Waals surface area contributed by atoms with E-state index in [1.54, 1.807) is 6.92 Å². The summed E-state index contributed by atoms with van der Waals surface area (Å²) >= 11 is 0. The lowest BCUT2D eigenvalue weighted by atomic mass is 9.46. The summed E-state index contributed by atoms with van der Waals surface area (Å²) in [6.07, 6.45) is -14.1.